The topological polar surface area (TPSA) is 69.1 Å². The minimum absolute atomic E-state index is 0.153. The lowest BCUT2D eigenvalue weighted by Gasteiger charge is -2.14. The van der Waals surface area contributed by atoms with Crippen LogP contribution in [0, 0.1) is 0 Å². The molecule has 0 aromatic carbocycles. The van der Waals surface area contributed by atoms with Gasteiger partial charge in [0, 0.05) is 0 Å². The monoisotopic (exact) mass is 275 g/mol. The van der Waals surface area contributed by atoms with Gasteiger partial charge in [0.2, 0.25) is 0 Å². The number of alkyl carbamates (subject to hydrolysis) is 1. The molecule has 0 aliphatic rings. The molecule has 6 nitrogen and oxygen atoms in total. The fourth-order valence-electron chi connectivity index (χ4n) is 1.53. The molecule has 112 valence electrons. The molecule has 0 heterocycles. The Morgan fingerprint density at radius 2 is 1.84 bits per heavy atom. The predicted molar refractivity (Wildman–Crippen MR) is 72.1 cm³/mol. The maximum absolute atomic E-state index is 11.4. The first-order chi connectivity index (χ1) is 8.99. The summed E-state index contributed by atoms with van der Waals surface area (Å²) in [6.07, 6.45) is -0.230. The van der Waals surface area contributed by atoms with Crippen LogP contribution in [0.5, 0.6) is 0 Å². The van der Waals surface area contributed by atoms with Crippen molar-refractivity contribution in [2.45, 2.75) is 40.2 Å². The van der Waals surface area contributed by atoms with E-state index >= 15 is 0 Å². The van der Waals surface area contributed by atoms with Crippen LogP contribution in [0.1, 0.15) is 34.1 Å². The molecule has 0 aliphatic heterocycles. The van der Waals surface area contributed by atoms with Crippen molar-refractivity contribution in [3.63, 3.8) is 0 Å². The summed E-state index contributed by atoms with van der Waals surface area (Å²) in [7, 11) is 0. The van der Waals surface area contributed by atoms with Crippen molar-refractivity contribution < 1.29 is 24.0 Å². The molecular formula is C13H27N2O4+. The van der Waals surface area contributed by atoms with E-state index < -0.39 is 6.09 Å². The molecule has 0 atom stereocenters. The second kappa shape index (κ2) is 10.6. The van der Waals surface area contributed by atoms with Crippen LogP contribution >= 0.6 is 0 Å². The van der Waals surface area contributed by atoms with E-state index in [9.17, 15) is 9.59 Å². The number of quaternary nitrogens is 1. The van der Waals surface area contributed by atoms with Crippen LogP contribution in [0.2, 0.25) is 0 Å². The minimum Gasteiger partial charge on any atom is -0.464 e. The SMILES string of the molecule is CC[NH+](CC)CCC(=O)OCCNC(=O)OC(C)C. The van der Waals surface area contributed by atoms with Crippen LogP contribution in [0.4, 0.5) is 4.79 Å². The third-order valence-corrected chi connectivity index (χ3v) is 2.66. The number of hydrogen-bond acceptors (Lipinski definition) is 4. The first kappa shape index (κ1) is 17.7. The number of carbonyl (C=O) groups is 2. The molecule has 0 rings (SSSR count). The molecule has 0 radical (unpaired) electrons. The summed E-state index contributed by atoms with van der Waals surface area (Å²) < 4.78 is 9.89. The van der Waals surface area contributed by atoms with Gasteiger partial charge in [-0.1, -0.05) is 0 Å². The van der Waals surface area contributed by atoms with Gasteiger partial charge in [0.15, 0.2) is 0 Å². The molecular weight excluding hydrogens is 248 g/mol. The van der Waals surface area contributed by atoms with Crippen molar-refractivity contribution in [3.05, 3.63) is 0 Å². The first-order valence-corrected chi connectivity index (χ1v) is 6.93. The average molecular weight is 275 g/mol. The molecule has 0 aromatic rings. The molecule has 19 heavy (non-hydrogen) atoms. The van der Waals surface area contributed by atoms with Crippen LogP contribution < -0.4 is 10.2 Å². The summed E-state index contributed by atoms with van der Waals surface area (Å²) in [5.41, 5.74) is 0. The molecule has 0 saturated heterocycles. The fraction of sp³-hybridized carbons (Fsp3) is 0.846. The predicted octanol–water partition coefficient (Wildman–Crippen LogP) is -0.0210. The molecule has 0 spiro atoms. The summed E-state index contributed by atoms with van der Waals surface area (Å²) in [5, 5.41) is 2.51. The van der Waals surface area contributed by atoms with E-state index in [-0.39, 0.29) is 25.2 Å². The van der Waals surface area contributed by atoms with E-state index in [0.717, 1.165) is 19.6 Å². The lowest BCUT2D eigenvalue weighted by molar-refractivity contribution is -0.895. The van der Waals surface area contributed by atoms with Gasteiger partial charge in [-0.25, -0.2) is 4.79 Å². The van der Waals surface area contributed by atoms with Gasteiger partial charge in [-0.15, -0.1) is 0 Å². The third kappa shape index (κ3) is 10.3. The van der Waals surface area contributed by atoms with Gasteiger partial charge < -0.3 is 19.7 Å². The van der Waals surface area contributed by atoms with E-state index in [1.54, 1.807) is 13.8 Å². The van der Waals surface area contributed by atoms with Crippen molar-refractivity contribution >= 4 is 12.1 Å². The maximum atomic E-state index is 11.4. The van der Waals surface area contributed by atoms with E-state index in [2.05, 4.69) is 19.2 Å². The fourth-order valence-corrected chi connectivity index (χ4v) is 1.53. The van der Waals surface area contributed by atoms with Gasteiger partial charge in [0.1, 0.15) is 6.61 Å². The third-order valence-electron chi connectivity index (χ3n) is 2.66. The van der Waals surface area contributed by atoms with Crippen molar-refractivity contribution in [2.75, 3.05) is 32.8 Å². The lowest BCUT2D eigenvalue weighted by atomic mass is 10.4. The van der Waals surface area contributed by atoms with E-state index in [1.807, 2.05) is 0 Å². The van der Waals surface area contributed by atoms with Crippen LogP contribution in [0.25, 0.3) is 0 Å². The summed E-state index contributed by atoms with van der Waals surface area (Å²) in [4.78, 5) is 23.9. The van der Waals surface area contributed by atoms with Gasteiger partial charge in [-0.2, -0.15) is 0 Å². The maximum Gasteiger partial charge on any atom is 0.407 e. The van der Waals surface area contributed by atoms with Crippen LogP contribution in [-0.2, 0) is 14.3 Å². The molecule has 0 bridgehead atoms. The van der Waals surface area contributed by atoms with Gasteiger partial charge in [0.05, 0.1) is 38.7 Å². The van der Waals surface area contributed by atoms with E-state index in [4.69, 9.17) is 9.47 Å². The second-order valence-corrected chi connectivity index (χ2v) is 4.56. The van der Waals surface area contributed by atoms with Gasteiger partial charge in [-0.3, -0.25) is 4.79 Å². The zero-order chi connectivity index (χ0) is 14.7. The number of amides is 1. The number of carbonyl (C=O) groups excluding carboxylic acids is 2. The van der Waals surface area contributed by atoms with Crippen LogP contribution in [-0.4, -0.2) is 51.0 Å². The summed E-state index contributed by atoms with van der Waals surface area (Å²) in [6, 6.07) is 0. The number of rotatable bonds is 9. The molecule has 0 unspecified atom stereocenters. The average Bonchev–Trinajstić information content (AvgIpc) is 2.35. The van der Waals surface area contributed by atoms with Crippen LogP contribution in [0.3, 0.4) is 0 Å². The molecule has 0 saturated carbocycles. The Balaban J connectivity index is 3.56. The second-order valence-electron chi connectivity index (χ2n) is 4.56. The van der Waals surface area contributed by atoms with Gasteiger partial charge >= 0.3 is 12.1 Å². The summed E-state index contributed by atoms with van der Waals surface area (Å²) >= 11 is 0. The highest BCUT2D eigenvalue weighted by atomic mass is 16.6. The molecule has 2 N–H and O–H groups in total. The molecule has 0 aliphatic carbocycles. The van der Waals surface area contributed by atoms with Crippen molar-refractivity contribution in [1.82, 2.24) is 5.32 Å². The molecule has 6 heteroatoms. The summed E-state index contributed by atoms with van der Waals surface area (Å²) in [5.74, 6) is -0.224. The Bertz CT molecular complexity index is 265. The molecule has 1 amide bonds. The minimum atomic E-state index is -0.487. The van der Waals surface area contributed by atoms with E-state index in [0.29, 0.717) is 6.42 Å². The standard InChI is InChI=1S/C13H26N2O4/c1-5-15(6-2)9-7-12(16)18-10-8-14-13(17)19-11(3)4/h11H,5-10H2,1-4H3,(H,14,17)/p+1. The Morgan fingerprint density at radius 1 is 1.21 bits per heavy atom. The Hall–Kier alpha value is -1.30. The van der Waals surface area contributed by atoms with Crippen molar-refractivity contribution in [2.24, 2.45) is 0 Å². The number of ether oxygens (including phenoxy) is 2. The highest BCUT2D eigenvalue weighted by Gasteiger charge is 2.09. The molecule has 0 fully saturated rings. The Labute approximate surface area is 115 Å². The Morgan fingerprint density at radius 3 is 2.37 bits per heavy atom. The zero-order valence-corrected chi connectivity index (χ0v) is 12.5. The number of esters is 1. The number of hydrogen-bond donors (Lipinski definition) is 2. The van der Waals surface area contributed by atoms with E-state index in [1.165, 1.54) is 4.90 Å². The van der Waals surface area contributed by atoms with Gasteiger partial charge in [0.25, 0.3) is 0 Å². The van der Waals surface area contributed by atoms with Gasteiger partial charge in [-0.05, 0) is 27.7 Å². The highest BCUT2D eigenvalue weighted by molar-refractivity contribution is 5.69. The quantitative estimate of drug-likeness (QED) is 0.458. The van der Waals surface area contributed by atoms with Crippen molar-refractivity contribution in [3.8, 4) is 0 Å². The number of nitrogens with one attached hydrogen (secondary N) is 2. The molecule has 0 aromatic heterocycles. The van der Waals surface area contributed by atoms with Crippen LogP contribution in [0.15, 0.2) is 0 Å². The largest absolute Gasteiger partial charge is 0.464 e. The highest BCUT2D eigenvalue weighted by Crippen LogP contribution is 1.88. The first-order valence-electron chi connectivity index (χ1n) is 6.93. The Kier molecular flexibility index (Phi) is 9.88. The van der Waals surface area contributed by atoms with Crippen molar-refractivity contribution in [1.29, 1.82) is 0 Å². The normalized spacial score (nSPS) is 10.6. The zero-order valence-electron chi connectivity index (χ0n) is 12.5. The smallest absolute Gasteiger partial charge is 0.407 e. The lowest BCUT2D eigenvalue weighted by Crippen LogP contribution is -3.11. The summed E-state index contributed by atoms with van der Waals surface area (Å²) in [6.45, 7) is 11.0.